The van der Waals surface area contributed by atoms with Gasteiger partial charge in [0.15, 0.2) is 8.32 Å². The first-order valence-electron chi connectivity index (χ1n) is 6.97. The third kappa shape index (κ3) is 2.14. The first-order valence-corrected chi connectivity index (χ1v) is 9.88. The lowest BCUT2D eigenvalue weighted by atomic mass is 9.71. The Morgan fingerprint density at radius 3 is 2.50 bits per heavy atom. The number of carbonyl (C=O) groups is 1. The summed E-state index contributed by atoms with van der Waals surface area (Å²) in [4.78, 5) is 11.7. The van der Waals surface area contributed by atoms with Crippen molar-refractivity contribution in [3.63, 3.8) is 0 Å². The van der Waals surface area contributed by atoms with Crippen LogP contribution >= 0.6 is 0 Å². The predicted octanol–water partition coefficient (Wildman–Crippen LogP) is 3.49. The third-order valence-corrected chi connectivity index (χ3v) is 9.54. The number of fused-ring (bicyclic) bond motifs is 1. The number of carbonyl (C=O) groups excluding carboxylic acids is 1. The topological polar surface area (TPSA) is 35.5 Å². The van der Waals surface area contributed by atoms with E-state index in [1.165, 1.54) is 0 Å². The lowest BCUT2D eigenvalue weighted by molar-refractivity contribution is -0.230. The summed E-state index contributed by atoms with van der Waals surface area (Å²) in [6.45, 7) is 13.3. The second kappa shape index (κ2) is 4.07. The van der Waals surface area contributed by atoms with E-state index in [9.17, 15) is 4.79 Å². The van der Waals surface area contributed by atoms with E-state index in [0.29, 0.717) is 0 Å². The molecule has 0 aromatic heterocycles. The van der Waals surface area contributed by atoms with Crippen LogP contribution in [0.25, 0.3) is 0 Å². The van der Waals surface area contributed by atoms with Gasteiger partial charge in [-0.15, -0.1) is 0 Å². The second-order valence-electron chi connectivity index (χ2n) is 7.52. The van der Waals surface area contributed by atoms with Gasteiger partial charge in [0.05, 0.1) is 6.10 Å². The first-order chi connectivity index (χ1) is 8.07. The highest BCUT2D eigenvalue weighted by molar-refractivity contribution is 6.74. The fraction of sp³-hybridized carbons (Fsp3) is 0.929. The molecule has 0 bridgehead atoms. The van der Waals surface area contributed by atoms with Gasteiger partial charge in [0.25, 0.3) is 0 Å². The maximum atomic E-state index is 11.7. The summed E-state index contributed by atoms with van der Waals surface area (Å²) in [6.07, 6.45) is 3.16. The highest BCUT2D eigenvalue weighted by Gasteiger charge is 2.60. The molecule has 104 valence electrons. The highest BCUT2D eigenvalue weighted by Crippen LogP contribution is 2.48. The molecule has 0 amide bonds. The summed E-state index contributed by atoms with van der Waals surface area (Å²) in [5, 5.41) is 0.189. The first kappa shape index (κ1) is 14.1. The van der Waals surface area contributed by atoms with Crippen LogP contribution in [0.2, 0.25) is 18.1 Å². The van der Waals surface area contributed by atoms with Gasteiger partial charge in [0.1, 0.15) is 11.5 Å². The number of hydrogen-bond acceptors (Lipinski definition) is 3. The van der Waals surface area contributed by atoms with Crippen LogP contribution in [0.15, 0.2) is 0 Å². The van der Waals surface area contributed by atoms with Gasteiger partial charge >= 0.3 is 5.97 Å². The molecule has 3 atom stereocenters. The van der Waals surface area contributed by atoms with E-state index in [1.54, 1.807) is 0 Å². The SMILES string of the molecule is CC(C)(C)[Si](C)(C)O[C@H]1CCC[C@]2(C)OC(=O)[C@H]12. The van der Waals surface area contributed by atoms with Gasteiger partial charge in [-0.25, -0.2) is 0 Å². The van der Waals surface area contributed by atoms with Crippen molar-refractivity contribution in [2.45, 2.75) is 76.8 Å². The Morgan fingerprint density at radius 2 is 2.00 bits per heavy atom. The van der Waals surface area contributed by atoms with Crippen LogP contribution in [0.4, 0.5) is 0 Å². The molecule has 0 aromatic carbocycles. The Labute approximate surface area is 111 Å². The Hall–Kier alpha value is -0.353. The Bertz CT molecular complexity index is 359. The Balaban J connectivity index is 2.12. The van der Waals surface area contributed by atoms with Crippen molar-refractivity contribution in [2.24, 2.45) is 5.92 Å². The van der Waals surface area contributed by atoms with Crippen LogP contribution in [-0.4, -0.2) is 26.0 Å². The standard InChI is InChI=1S/C14H26O3Si/c1-13(2,3)18(5,6)17-10-8-7-9-14(4)11(10)12(15)16-14/h10-11H,7-9H2,1-6H3/t10-,11-,14-/m0/s1. The van der Waals surface area contributed by atoms with Gasteiger partial charge in [-0.2, -0.15) is 0 Å². The average Bonchev–Trinajstić information content (AvgIpc) is 2.12. The lowest BCUT2D eigenvalue weighted by Gasteiger charge is -2.53. The van der Waals surface area contributed by atoms with Crippen molar-refractivity contribution in [3.05, 3.63) is 0 Å². The third-order valence-electron chi connectivity index (χ3n) is 5.03. The van der Waals surface area contributed by atoms with Crippen molar-refractivity contribution >= 4 is 14.3 Å². The average molecular weight is 270 g/mol. The van der Waals surface area contributed by atoms with Crippen LogP contribution in [0.5, 0.6) is 0 Å². The van der Waals surface area contributed by atoms with Crippen LogP contribution in [0.3, 0.4) is 0 Å². The minimum absolute atomic E-state index is 0.0274. The normalized spacial score (nSPS) is 36.7. The molecule has 1 heterocycles. The summed E-state index contributed by atoms with van der Waals surface area (Å²) >= 11 is 0. The zero-order chi connectivity index (χ0) is 13.8. The molecular weight excluding hydrogens is 244 g/mol. The molecule has 0 N–H and O–H groups in total. The molecule has 1 saturated heterocycles. The fourth-order valence-electron chi connectivity index (χ4n) is 2.80. The van der Waals surface area contributed by atoms with Crippen molar-refractivity contribution < 1.29 is 14.0 Å². The predicted molar refractivity (Wildman–Crippen MR) is 73.9 cm³/mol. The maximum Gasteiger partial charge on any atom is 0.316 e. The van der Waals surface area contributed by atoms with Gasteiger partial charge in [0, 0.05) is 0 Å². The van der Waals surface area contributed by atoms with E-state index < -0.39 is 8.32 Å². The molecule has 2 rings (SSSR count). The Kier molecular flexibility index (Phi) is 3.18. The molecule has 1 saturated carbocycles. The second-order valence-corrected chi connectivity index (χ2v) is 12.3. The van der Waals surface area contributed by atoms with E-state index in [4.69, 9.17) is 9.16 Å². The minimum Gasteiger partial charge on any atom is -0.458 e. The number of ether oxygens (including phenoxy) is 1. The van der Waals surface area contributed by atoms with Crippen LogP contribution in [0.1, 0.15) is 47.0 Å². The summed E-state index contributed by atoms with van der Waals surface area (Å²) in [6, 6.07) is 0. The minimum atomic E-state index is -1.80. The smallest absolute Gasteiger partial charge is 0.316 e. The summed E-state index contributed by atoms with van der Waals surface area (Å²) in [5.41, 5.74) is -0.248. The molecule has 1 aliphatic carbocycles. The van der Waals surface area contributed by atoms with E-state index in [0.717, 1.165) is 19.3 Å². The van der Waals surface area contributed by atoms with Gasteiger partial charge in [-0.3, -0.25) is 4.79 Å². The van der Waals surface area contributed by atoms with Gasteiger partial charge < -0.3 is 9.16 Å². The van der Waals surface area contributed by atoms with Crippen LogP contribution < -0.4 is 0 Å². The summed E-state index contributed by atoms with van der Waals surface area (Å²) in [5.74, 6) is -0.0821. The molecule has 2 fully saturated rings. The molecule has 0 aromatic rings. The maximum absolute atomic E-state index is 11.7. The quantitative estimate of drug-likeness (QED) is 0.569. The highest BCUT2D eigenvalue weighted by atomic mass is 28.4. The molecule has 18 heavy (non-hydrogen) atoms. The van der Waals surface area contributed by atoms with E-state index >= 15 is 0 Å². The molecule has 0 radical (unpaired) electrons. The van der Waals surface area contributed by atoms with Crippen molar-refractivity contribution in [1.82, 2.24) is 0 Å². The monoisotopic (exact) mass is 270 g/mol. The van der Waals surface area contributed by atoms with Crippen molar-refractivity contribution in [3.8, 4) is 0 Å². The van der Waals surface area contributed by atoms with E-state index in [1.807, 2.05) is 0 Å². The fourth-order valence-corrected chi connectivity index (χ4v) is 4.17. The van der Waals surface area contributed by atoms with Gasteiger partial charge in [0.2, 0.25) is 0 Å². The molecule has 0 unspecified atom stereocenters. The van der Waals surface area contributed by atoms with Gasteiger partial charge in [-0.1, -0.05) is 20.8 Å². The molecule has 1 aliphatic heterocycles. The molecular formula is C14H26O3Si. The molecule has 3 nitrogen and oxygen atoms in total. The molecule has 4 heteroatoms. The van der Waals surface area contributed by atoms with Crippen molar-refractivity contribution in [2.75, 3.05) is 0 Å². The van der Waals surface area contributed by atoms with E-state index in [-0.39, 0.29) is 28.6 Å². The number of hydrogen-bond donors (Lipinski definition) is 0. The largest absolute Gasteiger partial charge is 0.458 e. The van der Waals surface area contributed by atoms with Gasteiger partial charge in [-0.05, 0) is 44.3 Å². The zero-order valence-corrected chi connectivity index (χ0v) is 13.5. The summed E-state index contributed by atoms with van der Waals surface area (Å²) < 4.78 is 11.8. The zero-order valence-electron chi connectivity index (χ0n) is 12.5. The van der Waals surface area contributed by atoms with E-state index in [2.05, 4.69) is 40.8 Å². The van der Waals surface area contributed by atoms with Crippen molar-refractivity contribution in [1.29, 1.82) is 0 Å². The molecule has 0 spiro atoms. The van der Waals surface area contributed by atoms with Crippen LogP contribution in [0, 0.1) is 5.92 Å². The summed E-state index contributed by atoms with van der Waals surface area (Å²) in [7, 11) is -1.80. The lowest BCUT2D eigenvalue weighted by Crippen LogP contribution is -2.64. The van der Waals surface area contributed by atoms with Crippen LogP contribution in [-0.2, 0) is 14.0 Å². The molecule has 2 aliphatic rings. The Morgan fingerprint density at radius 1 is 1.39 bits per heavy atom. The number of esters is 1. The number of rotatable bonds is 2.